The number of nitrogens with zero attached hydrogens (tertiary/aromatic N) is 2. The minimum absolute atomic E-state index is 0.00949. The van der Waals surface area contributed by atoms with Crippen molar-refractivity contribution in [2.24, 2.45) is 0 Å². The number of amides is 1. The van der Waals surface area contributed by atoms with E-state index >= 15 is 0 Å². The SMILES string of the molecule is Cc1nc(C)c(C(=O)NCc2ccc(C#N)cc2F)o1. The highest BCUT2D eigenvalue weighted by Gasteiger charge is 2.16. The van der Waals surface area contributed by atoms with Crippen molar-refractivity contribution in [1.82, 2.24) is 10.3 Å². The van der Waals surface area contributed by atoms with Gasteiger partial charge in [-0.3, -0.25) is 4.79 Å². The molecule has 0 spiro atoms. The molecule has 20 heavy (non-hydrogen) atoms. The Morgan fingerprint density at radius 3 is 2.80 bits per heavy atom. The summed E-state index contributed by atoms with van der Waals surface area (Å²) < 4.78 is 18.8. The third-order valence-electron chi connectivity index (χ3n) is 2.73. The molecule has 0 aliphatic rings. The largest absolute Gasteiger partial charge is 0.436 e. The number of halogens is 1. The highest BCUT2D eigenvalue weighted by molar-refractivity contribution is 5.92. The summed E-state index contributed by atoms with van der Waals surface area (Å²) in [4.78, 5) is 15.9. The lowest BCUT2D eigenvalue weighted by Crippen LogP contribution is -2.23. The van der Waals surface area contributed by atoms with Crippen molar-refractivity contribution in [3.8, 4) is 6.07 Å². The Morgan fingerprint density at radius 1 is 1.50 bits per heavy atom. The zero-order valence-corrected chi connectivity index (χ0v) is 11.0. The molecule has 0 fully saturated rings. The van der Waals surface area contributed by atoms with Gasteiger partial charge in [0.25, 0.3) is 5.91 Å². The molecule has 6 heteroatoms. The van der Waals surface area contributed by atoms with Crippen LogP contribution in [0.25, 0.3) is 0 Å². The van der Waals surface area contributed by atoms with Gasteiger partial charge in [-0.2, -0.15) is 5.26 Å². The maximum absolute atomic E-state index is 13.6. The molecule has 102 valence electrons. The van der Waals surface area contributed by atoms with E-state index in [0.29, 0.717) is 17.1 Å². The van der Waals surface area contributed by atoms with E-state index in [4.69, 9.17) is 9.68 Å². The highest BCUT2D eigenvalue weighted by Crippen LogP contribution is 2.12. The first kappa shape index (κ1) is 13.7. The molecular formula is C14H12FN3O2. The van der Waals surface area contributed by atoms with Gasteiger partial charge in [-0.25, -0.2) is 9.37 Å². The third-order valence-corrected chi connectivity index (χ3v) is 2.73. The number of nitrogens with one attached hydrogen (secondary N) is 1. The molecule has 0 unspecified atom stereocenters. The first-order valence-electron chi connectivity index (χ1n) is 5.92. The van der Waals surface area contributed by atoms with Crippen molar-refractivity contribution in [2.75, 3.05) is 0 Å². The van der Waals surface area contributed by atoms with Crippen LogP contribution in [0.5, 0.6) is 0 Å². The van der Waals surface area contributed by atoms with Gasteiger partial charge >= 0.3 is 0 Å². The standard InChI is InChI=1S/C14H12FN3O2/c1-8-13(20-9(2)18-8)14(19)17-7-11-4-3-10(6-16)5-12(11)15/h3-5H,7H2,1-2H3,(H,17,19). The van der Waals surface area contributed by atoms with E-state index in [0.717, 1.165) is 6.07 Å². The lowest BCUT2D eigenvalue weighted by Gasteiger charge is -2.05. The summed E-state index contributed by atoms with van der Waals surface area (Å²) in [5, 5.41) is 11.2. The molecule has 1 N–H and O–H groups in total. The van der Waals surface area contributed by atoms with Crippen LogP contribution in [-0.2, 0) is 6.54 Å². The van der Waals surface area contributed by atoms with Crippen molar-refractivity contribution in [2.45, 2.75) is 20.4 Å². The number of aromatic nitrogens is 1. The van der Waals surface area contributed by atoms with Crippen LogP contribution in [0.1, 0.15) is 33.3 Å². The zero-order valence-electron chi connectivity index (χ0n) is 11.0. The van der Waals surface area contributed by atoms with Crippen molar-refractivity contribution >= 4 is 5.91 Å². The van der Waals surface area contributed by atoms with Gasteiger partial charge in [-0.15, -0.1) is 0 Å². The minimum Gasteiger partial charge on any atom is -0.436 e. The van der Waals surface area contributed by atoms with E-state index in [1.54, 1.807) is 13.8 Å². The van der Waals surface area contributed by atoms with Gasteiger partial charge in [0.1, 0.15) is 5.82 Å². The van der Waals surface area contributed by atoms with Crippen LogP contribution >= 0.6 is 0 Å². The molecular weight excluding hydrogens is 261 g/mol. The Morgan fingerprint density at radius 2 is 2.25 bits per heavy atom. The fourth-order valence-corrected chi connectivity index (χ4v) is 1.76. The van der Waals surface area contributed by atoms with Crippen LogP contribution in [0.2, 0.25) is 0 Å². The van der Waals surface area contributed by atoms with Crippen molar-refractivity contribution in [3.63, 3.8) is 0 Å². The summed E-state index contributed by atoms with van der Waals surface area (Å²) in [5.41, 5.74) is 1.02. The van der Waals surface area contributed by atoms with Crippen LogP contribution in [0.4, 0.5) is 4.39 Å². The molecule has 0 saturated carbocycles. The Labute approximate surface area is 115 Å². The van der Waals surface area contributed by atoms with Gasteiger partial charge < -0.3 is 9.73 Å². The maximum atomic E-state index is 13.6. The molecule has 0 atom stereocenters. The molecule has 1 heterocycles. The Kier molecular flexibility index (Phi) is 3.80. The van der Waals surface area contributed by atoms with E-state index < -0.39 is 11.7 Å². The molecule has 0 saturated heterocycles. The maximum Gasteiger partial charge on any atom is 0.289 e. The molecule has 5 nitrogen and oxygen atoms in total. The Hall–Kier alpha value is -2.68. The molecule has 0 aliphatic heterocycles. The number of nitriles is 1. The van der Waals surface area contributed by atoms with Gasteiger partial charge in [0.15, 0.2) is 5.89 Å². The Bertz CT molecular complexity index is 701. The molecule has 1 aromatic heterocycles. The van der Waals surface area contributed by atoms with E-state index in [9.17, 15) is 9.18 Å². The Balaban J connectivity index is 2.08. The predicted molar refractivity (Wildman–Crippen MR) is 68.3 cm³/mol. The average Bonchev–Trinajstić information content (AvgIpc) is 2.76. The van der Waals surface area contributed by atoms with Gasteiger partial charge in [0.2, 0.25) is 5.76 Å². The predicted octanol–water partition coefficient (Wildman–Crippen LogP) is 2.23. The summed E-state index contributed by atoms with van der Waals surface area (Å²) in [6.07, 6.45) is 0. The summed E-state index contributed by atoms with van der Waals surface area (Å²) in [6, 6.07) is 5.94. The second-order valence-electron chi connectivity index (χ2n) is 4.25. The van der Waals surface area contributed by atoms with Crippen LogP contribution in [0.3, 0.4) is 0 Å². The smallest absolute Gasteiger partial charge is 0.289 e. The van der Waals surface area contributed by atoms with Crippen molar-refractivity contribution < 1.29 is 13.6 Å². The van der Waals surface area contributed by atoms with Gasteiger partial charge in [0.05, 0.1) is 17.3 Å². The van der Waals surface area contributed by atoms with E-state index in [1.165, 1.54) is 12.1 Å². The first-order chi connectivity index (χ1) is 9.51. The van der Waals surface area contributed by atoms with Gasteiger partial charge in [-0.05, 0) is 19.1 Å². The van der Waals surface area contributed by atoms with E-state index in [-0.39, 0.29) is 17.9 Å². The fourth-order valence-electron chi connectivity index (χ4n) is 1.76. The highest BCUT2D eigenvalue weighted by atomic mass is 19.1. The number of hydrogen-bond acceptors (Lipinski definition) is 4. The summed E-state index contributed by atoms with van der Waals surface area (Å²) in [5.74, 6) is -0.463. The topological polar surface area (TPSA) is 78.9 Å². The molecule has 1 amide bonds. The number of carbonyl (C=O) groups is 1. The number of carbonyl (C=O) groups excluding carboxylic acids is 1. The minimum atomic E-state index is -0.533. The monoisotopic (exact) mass is 273 g/mol. The summed E-state index contributed by atoms with van der Waals surface area (Å²) in [7, 11) is 0. The third kappa shape index (κ3) is 2.83. The molecule has 0 aliphatic carbocycles. The van der Waals surface area contributed by atoms with Crippen LogP contribution in [-0.4, -0.2) is 10.9 Å². The van der Waals surface area contributed by atoms with E-state index in [2.05, 4.69) is 10.3 Å². The number of hydrogen-bond donors (Lipinski definition) is 1. The van der Waals surface area contributed by atoms with Crippen LogP contribution in [0.15, 0.2) is 22.6 Å². The van der Waals surface area contributed by atoms with Gasteiger partial charge in [-0.1, -0.05) is 6.07 Å². The van der Waals surface area contributed by atoms with Crippen molar-refractivity contribution in [1.29, 1.82) is 5.26 Å². The molecule has 2 rings (SSSR count). The van der Waals surface area contributed by atoms with Crippen LogP contribution < -0.4 is 5.32 Å². The molecule has 1 aromatic carbocycles. The van der Waals surface area contributed by atoms with E-state index in [1.807, 2.05) is 6.07 Å². The summed E-state index contributed by atoms with van der Waals surface area (Å²) >= 11 is 0. The van der Waals surface area contributed by atoms with Crippen LogP contribution in [0, 0.1) is 31.0 Å². The first-order valence-corrected chi connectivity index (χ1v) is 5.92. The quantitative estimate of drug-likeness (QED) is 0.930. The molecule has 2 aromatic rings. The van der Waals surface area contributed by atoms with Gasteiger partial charge in [0, 0.05) is 19.0 Å². The number of oxazole rings is 1. The fraction of sp³-hybridized carbons (Fsp3) is 0.214. The van der Waals surface area contributed by atoms with Crippen molar-refractivity contribution in [3.05, 3.63) is 52.5 Å². The second-order valence-corrected chi connectivity index (χ2v) is 4.25. The number of benzene rings is 1. The lowest BCUT2D eigenvalue weighted by molar-refractivity contribution is 0.0920. The molecule has 0 radical (unpaired) electrons. The zero-order chi connectivity index (χ0) is 14.7. The summed E-state index contributed by atoms with van der Waals surface area (Å²) in [6.45, 7) is 3.31. The second kappa shape index (κ2) is 5.53. The number of aryl methyl sites for hydroxylation is 2. The lowest BCUT2D eigenvalue weighted by atomic mass is 10.1. The number of rotatable bonds is 3. The average molecular weight is 273 g/mol. The molecule has 0 bridgehead atoms. The normalized spacial score (nSPS) is 10.1.